The van der Waals surface area contributed by atoms with Crippen LogP contribution in [0.5, 0.6) is 5.75 Å². The zero-order valence-corrected chi connectivity index (χ0v) is 17.5. The number of hydrogen-bond acceptors (Lipinski definition) is 5. The molecule has 5 amide bonds. The highest BCUT2D eigenvalue weighted by molar-refractivity contribution is 6.10. The summed E-state index contributed by atoms with van der Waals surface area (Å²) in [5, 5.41) is 8.00. The second kappa shape index (κ2) is 8.86. The summed E-state index contributed by atoms with van der Waals surface area (Å²) in [6.07, 6.45) is 0.425. The van der Waals surface area contributed by atoms with E-state index in [-0.39, 0.29) is 5.91 Å². The van der Waals surface area contributed by atoms with Gasteiger partial charge in [-0.1, -0.05) is 19.1 Å². The number of carbonyl (C=O) groups excluding carboxylic acids is 4. The van der Waals surface area contributed by atoms with Gasteiger partial charge in [0.2, 0.25) is 5.91 Å². The van der Waals surface area contributed by atoms with Gasteiger partial charge in [0.15, 0.2) is 0 Å². The van der Waals surface area contributed by atoms with Crippen LogP contribution in [0.2, 0.25) is 0 Å². The first kappa shape index (κ1) is 21.8. The number of hydrogen-bond donors (Lipinski definition) is 3. The van der Waals surface area contributed by atoms with Crippen molar-refractivity contribution in [2.24, 2.45) is 0 Å². The molecule has 1 heterocycles. The van der Waals surface area contributed by atoms with Crippen molar-refractivity contribution in [2.45, 2.75) is 25.8 Å². The predicted molar refractivity (Wildman–Crippen MR) is 115 cm³/mol. The maximum atomic E-state index is 12.5. The first-order valence-corrected chi connectivity index (χ1v) is 9.76. The average molecular weight is 424 g/mol. The molecule has 162 valence electrons. The lowest BCUT2D eigenvalue weighted by atomic mass is 9.99. The summed E-state index contributed by atoms with van der Waals surface area (Å²) in [5.41, 5.74) is 0.370. The molecule has 1 aliphatic rings. The molecule has 3 rings (SSSR count). The molecule has 0 unspecified atom stereocenters. The fraction of sp³-hybridized carbons (Fsp3) is 0.273. The molecule has 0 radical (unpaired) electrons. The Hall–Kier alpha value is -3.88. The van der Waals surface area contributed by atoms with E-state index >= 15 is 0 Å². The van der Waals surface area contributed by atoms with E-state index in [1.165, 1.54) is 7.11 Å². The Morgan fingerprint density at radius 2 is 1.74 bits per heavy atom. The van der Waals surface area contributed by atoms with Crippen LogP contribution in [0.1, 0.15) is 30.6 Å². The molecule has 1 fully saturated rings. The number of benzene rings is 2. The minimum absolute atomic E-state index is 0.333. The molecule has 1 aliphatic heterocycles. The summed E-state index contributed by atoms with van der Waals surface area (Å²) in [4.78, 5) is 50.1. The van der Waals surface area contributed by atoms with Crippen LogP contribution < -0.4 is 20.7 Å². The second-order valence-electron chi connectivity index (χ2n) is 7.29. The van der Waals surface area contributed by atoms with E-state index in [0.717, 1.165) is 4.90 Å². The number of ether oxygens (including phenoxy) is 1. The van der Waals surface area contributed by atoms with Crippen molar-refractivity contribution in [3.63, 3.8) is 0 Å². The zero-order chi connectivity index (χ0) is 22.6. The van der Waals surface area contributed by atoms with Gasteiger partial charge >= 0.3 is 6.03 Å². The normalized spacial score (nSPS) is 17.8. The quantitative estimate of drug-likeness (QED) is 0.591. The van der Waals surface area contributed by atoms with Crippen LogP contribution in [0.4, 0.5) is 16.2 Å². The molecule has 9 nitrogen and oxygen atoms in total. The van der Waals surface area contributed by atoms with Gasteiger partial charge in [0.1, 0.15) is 17.8 Å². The fourth-order valence-corrected chi connectivity index (χ4v) is 3.12. The van der Waals surface area contributed by atoms with Crippen LogP contribution in [-0.4, -0.2) is 47.8 Å². The van der Waals surface area contributed by atoms with Gasteiger partial charge < -0.3 is 20.7 Å². The van der Waals surface area contributed by atoms with E-state index in [1.807, 2.05) is 0 Å². The molecule has 2 aromatic carbocycles. The topological polar surface area (TPSA) is 117 Å². The average Bonchev–Trinajstić information content (AvgIpc) is 2.98. The van der Waals surface area contributed by atoms with E-state index in [2.05, 4.69) is 16.0 Å². The summed E-state index contributed by atoms with van der Waals surface area (Å²) in [5.74, 6) is -0.742. The summed E-state index contributed by atoms with van der Waals surface area (Å²) < 4.78 is 5.22. The van der Waals surface area contributed by atoms with E-state index < -0.39 is 29.9 Å². The number of carbonyl (C=O) groups is 4. The third-order valence-corrected chi connectivity index (χ3v) is 5.14. The number of nitrogens with one attached hydrogen (secondary N) is 3. The van der Waals surface area contributed by atoms with Crippen molar-refractivity contribution < 1.29 is 23.9 Å². The Labute approximate surface area is 179 Å². The molecule has 0 spiro atoms. The lowest BCUT2D eigenvalue weighted by Crippen LogP contribution is -2.44. The van der Waals surface area contributed by atoms with Gasteiger partial charge in [0.25, 0.3) is 11.8 Å². The maximum absolute atomic E-state index is 12.5. The van der Waals surface area contributed by atoms with Gasteiger partial charge in [0.05, 0.1) is 12.8 Å². The highest BCUT2D eigenvalue weighted by atomic mass is 16.5. The van der Waals surface area contributed by atoms with Crippen molar-refractivity contribution in [1.29, 1.82) is 0 Å². The highest BCUT2D eigenvalue weighted by Gasteiger charge is 2.46. The smallest absolute Gasteiger partial charge is 0.325 e. The second-order valence-corrected chi connectivity index (χ2v) is 7.29. The van der Waals surface area contributed by atoms with Crippen LogP contribution in [0.25, 0.3) is 0 Å². The first-order chi connectivity index (χ1) is 14.8. The van der Waals surface area contributed by atoms with Gasteiger partial charge in [-0.25, -0.2) is 4.79 Å². The Morgan fingerprint density at radius 1 is 1.06 bits per heavy atom. The van der Waals surface area contributed by atoms with Crippen LogP contribution in [-0.2, 0) is 9.59 Å². The number of rotatable bonds is 7. The number of imide groups is 1. The lowest BCUT2D eigenvalue weighted by molar-refractivity contribution is -0.133. The number of nitrogens with zero attached hydrogens (tertiary/aromatic N) is 1. The maximum Gasteiger partial charge on any atom is 0.325 e. The summed E-state index contributed by atoms with van der Waals surface area (Å²) in [7, 11) is 1.52. The molecule has 0 aromatic heterocycles. The summed E-state index contributed by atoms with van der Waals surface area (Å²) in [6, 6.07) is 12.7. The predicted octanol–water partition coefficient (Wildman–Crippen LogP) is 2.61. The van der Waals surface area contributed by atoms with E-state index in [0.29, 0.717) is 29.1 Å². The SMILES string of the molecule is CC[C@]1(C)NC(=O)N(CC(=O)Nc2ccc(C(=O)Nc3ccccc3OC)cc2)C1=O. The molecule has 0 saturated carbocycles. The number of urea groups is 1. The number of anilines is 2. The zero-order valence-electron chi connectivity index (χ0n) is 17.5. The van der Waals surface area contributed by atoms with Gasteiger partial charge in [-0.2, -0.15) is 0 Å². The molecule has 2 aromatic rings. The minimum Gasteiger partial charge on any atom is -0.495 e. The van der Waals surface area contributed by atoms with Gasteiger partial charge in [-0.15, -0.1) is 0 Å². The van der Waals surface area contributed by atoms with Crippen molar-refractivity contribution in [3.05, 3.63) is 54.1 Å². The minimum atomic E-state index is -0.992. The van der Waals surface area contributed by atoms with Crippen LogP contribution in [0.15, 0.2) is 48.5 Å². The summed E-state index contributed by atoms with van der Waals surface area (Å²) >= 11 is 0. The van der Waals surface area contributed by atoms with Crippen LogP contribution >= 0.6 is 0 Å². The Bertz CT molecular complexity index is 1020. The van der Waals surface area contributed by atoms with E-state index in [9.17, 15) is 19.2 Å². The third kappa shape index (κ3) is 4.66. The largest absolute Gasteiger partial charge is 0.495 e. The standard InChI is InChI=1S/C22H24N4O5/c1-4-22(2)20(29)26(21(30)25-22)13-18(27)23-15-11-9-14(10-12-15)19(28)24-16-7-5-6-8-17(16)31-3/h5-12H,4,13H2,1-3H3,(H,23,27)(H,24,28)(H,25,30)/t22-/m0/s1. The third-order valence-electron chi connectivity index (χ3n) is 5.14. The molecule has 1 saturated heterocycles. The van der Waals surface area contributed by atoms with Gasteiger partial charge in [-0.05, 0) is 49.7 Å². The van der Waals surface area contributed by atoms with Crippen LogP contribution in [0.3, 0.4) is 0 Å². The molecule has 1 atom stereocenters. The molecule has 3 N–H and O–H groups in total. The van der Waals surface area contributed by atoms with Crippen LogP contribution in [0, 0.1) is 0 Å². The Morgan fingerprint density at radius 3 is 2.35 bits per heavy atom. The molecular formula is C22H24N4O5. The van der Waals surface area contributed by atoms with Gasteiger partial charge in [0, 0.05) is 11.3 Å². The van der Waals surface area contributed by atoms with Gasteiger partial charge in [-0.3, -0.25) is 19.3 Å². The van der Waals surface area contributed by atoms with Crippen molar-refractivity contribution >= 4 is 35.1 Å². The van der Waals surface area contributed by atoms with Crippen molar-refractivity contribution in [2.75, 3.05) is 24.3 Å². The number of methoxy groups -OCH3 is 1. The van der Waals surface area contributed by atoms with E-state index in [1.54, 1.807) is 62.4 Å². The number of amides is 5. The molecule has 0 aliphatic carbocycles. The fourth-order valence-electron chi connectivity index (χ4n) is 3.12. The number of para-hydroxylation sites is 2. The van der Waals surface area contributed by atoms with E-state index in [4.69, 9.17) is 4.74 Å². The molecule has 31 heavy (non-hydrogen) atoms. The molecular weight excluding hydrogens is 400 g/mol. The monoisotopic (exact) mass is 424 g/mol. The Balaban J connectivity index is 1.60. The molecule has 0 bridgehead atoms. The Kier molecular flexibility index (Phi) is 6.24. The first-order valence-electron chi connectivity index (χ1n) is 9.76. The van der Waals surface area contributed by atoms with Crippen molar-refractivity contribution in [1.82, 2.24) is 10.2 Å². The lowest BCUT2D eigenvalue weighted by Gasteiger charge is -2.19. The van der Waals surface area contributed by atoms with Crippen molar-refractivity contribution in [3.8, 4) is 5.75 Å². The highest BCUT2D eigenvalue weighted by Crippen LogP contribution is 2.24. The summed E-state index contributed by atoms with van der Waals surface area (Å²) in [6.45, 7) is 3.02. The molecule has 9 heteroatoms.